The second kappa shape index (κ2) is 6.65. The number of carbonyl (C=O) groups is 1. The summed E-state index contributed by atoms with van der Waals surface area (Å²) >= 11 is 5.68. The zero-order valence-corrected chi connectivity index (χ0v) is 18.2. The third-order valence-corrected chi connectivity index (χ3v) is 7.70. The number of carbonyl (C=O) groups excluding carboxylic acids is 1. The number of amides is 1. The van der Waals surface area contributed by atoms with Gasteiger partial charge in [-0.25, -0.2) is 0 Å². The van der Waals surface area contributed by atoms with Gasteiger partial charge in [0.2, 0.25) is 0 Å². The molecule has 1 saturated heterocycles. The summed E-state index contributed by atoms with van der Waals surface area (Å²) in [5.74, 6) is 0.0438. The first-order valence-electron chi connectivity index (χ1n) is 10.7. The van der Waals surface area contributed by atoms with Gasteiger partial charge < -0.3 is 5.32 Å². The number of nitrogens with one attached hydrogen (secondary N) is 1. The van der Waals surface area contributed by atoms with Crippen molar-refractivity contribution in [2.24, 2.45) is 5.41 Å². The molecule has 5 rings (SSSR count). The van der Waals surface area contributed by atoms with Gasteiger partial charge in [0.25, 0.3) is 5.91 Å². The molecule has 0 saturated carbocycles. The lowest BCUT2D eigenvalue weighted by atomic mass is 9.64. The molecule has 1 fully saturated rings. The van der Waals surface area contributed by atoms with E-state index < -0.39 is 5.54 Å². The highest BCUT2D eigenvalue weighted by Crippen LogP contribution is 2.59. The highest BCUT2D eigenvalue weighted by molar-refractivity contribution is 7.80. The molecule has 0 aromatic heterocycles. The van der Waals surface area contributed by atoms with E-state index in [0.717, 1.165) is 43.2 Å². The Balaban J connectivity index is 1.70. The van der Waals surface area contributed by atoms with Crippen molar-refractivity contribution in [3.05, 3.63) is 70.3 Å². The fourth-order valence-electron chi connectivity index (χ4n) is 5.96. The second-order valence-corrected chi connectivity index (χ2v) is 9.55. The first-order chi connectivity index (χ1) is 14.4. The Bertz CT molecular complexity index is 1090. The predicted octanol–water partition coefficient (Wildman–Crippen LogP) is 4.00. The zero-order chi connectivity index (χ0) is 21.1. The van der Waals surface area contributed by atoms with Crippen LogP contribution < -0.4 is 5.32 Å². The standard InChI is InChI=1S/C25H25N3OS/c1-16(2)28-22(29)25(27-23(28)30)21-13-17(15-26)7-8-20(21)14-24(25)11-9-18-5-3-4-6-19(18)10-12-24/h3-8,13,16H,9-12,14H2,1-2H3,(H,27,30). The van der Waals surface area contributed by atoms with E-state index in [0.29, 0.717) is 10.7 Å². The summed E-state index contributed by atoms with van der Waals surface area (Å²) in [4.78, 5) is 15.8. The van der Waals surface area contributed by atoms with Crippen molar-refractivity contribution >= 4 is 23.2 Å². The molecule has 1 aliphatic heterocycles. The van der Waals surface area contributed by atoms with Gasteiger partial charge in [-0.2, -0.15) is 5.26 Å². The number of hydrogen-bond donors (Lipinski definition) is 1. The molecule has 1 amide bonds. The first kappa shape index (κ1) is 19.3. The van der Waals surface area contributed by atoms with Crippen molar-refractivity contribution in [3.63, 3.8) is 0 Å². The highest BCUT2D eigenvalue weighted by Gasteiger charge is 2.66. The van der Waals surface area contributed by atoms with E-state index in [4.69, 9.17) is 12.2 Å². The van der Waals surface area contributed by atoms with E-state index >= 15 is 0 Å². The minimum atomic E-state index is -0.890. The third kappa shape index (κ3) is 2.43. The van der Waals surface area contributed by atoms with E-state index in [-0.39, 0.29) is 17.4 Å². The van der Waals surface area contributed by atoms with Gasteiger partial charge in [0.15, 0.2) is 10.7 Å². The molecule has 2 aliphatic carbocycles. The number of nitriles is 1. The van der Waals surface area contributed by atoms with E-state index in [1.54, 1.807) is 4.90 Å². The number of aryl methyl sites for hydroxylation is 2. The van der Waals surface area contributed by atoms with Gasteiger partial charge in [-0.3, -0.25) is 9.69 Å². The Morgan fingerprint density at radius 3 is 2.33 bits per heavy atom. The lowest BCUT2D eigenvalue weighted by molar-refractivity contribution is -0.137. The van der Waals surface area contributed by atoms with Crippen LogP contribution in [0.5, 0.6) is 0 Å². The van der Waals surface area contributed by atoms with Crippen molar-refractivity contribution in [1.82, 2.24) is 10.2 Å². The zero-order valence-electron chi connectivity index (χ0n) is 17.4. The van der Waals surface area contributed by atoms with Crippen LogP contribution in [0.2, 0.25) is 0 Å². The fourth-order valence-corrected chi connectivity index (χ4v) is 6.41. The lowest BCUT2D eigenvalue weighted by Gasteiger charge is -2.42. The topological polar surface area (TPSA) is 56.1 Å². The number of thiocarbonyl (C=S) groups is 1. The number of hydrogen-bond acceptors (Lipinski definition) is 3. The summed E-state index contributed by atoms with van der Waals surface area (Å²) in [7, 11) is 0. The molecule has 4 nitrogen and oxygen atoms in total. The second-order valence-electron chi connectivity index (χ2n) is 9.16. The van der Waals surface area contributed by atoms with E-state index in [1.165, 1.54) is 11.1 Å². The van der Waals surface area contributed by atoms with Crippen molar-refractivity contribution in [2.75, 3.05) is 0 Å². The van der Waals surface area contributed by atoms with Gasteiger partial charge in [-0.1, -0.05) is 30.3 Å². The van der Waals surface area contributed by atoms with Crippen LogP contribution >= 0.6 is 12.2 Å². The molecule has 2 aromatic carbocycles. The molecule has 1 N–H and O–H groups in total. The van der Waals surface area contributed by atoms with Gasteiger partial charge in [-0.15, -0.1) is 0 Å². The van der Waals surface area contributed by atoms with Gasteiger partial charge in [0.05, 0.1) is 11.6 Å². The van der Waals surface area contributed by atoms with Crippen LogP contribution in [0.1, 0.15) is 54.5 Å². The monoisotopic (exact) mass is 415 g/mol. The summed E-state index contributed by atoms with van der Waals surface area (Å²) in [6.45, 7) is 4.00. The molecule has 0 radical (unpaired) electrons. The first-order valence-corrected chi connectivity index (χ1v) is 11.1. The number of benzene rings is 2. The van der Waals surface area contributed by atoms with Gasteiger partial charge >= 0.3 is 0 Å². The maximum atomic E-state index is 14.1. The van der Waals surface area contributed by atoms with Crippen LogP contribution in [0.15, 0.2) is 42.5 Å². The third-order valence-electron chi connectivity index (χ3n) is 7.40. The smallest absolute Gasteiger partial charge is 0.259 e. The van der Waals surface area contributed by atoms with Gasteiger partial charge in [-0.05, 0) is 92.6 Å². The van der Waals surface area contributed by atoms with E-state index in [9.17, 15) is 10.1 Å². The summed E-state index contributed by atoms with van der Waals surface area (Å²) in [6, 6.07) is 16.7. The van der Waals surface area contributed by atoms with Crippen LogP contribution in [-0.2, 0) is 29.6 Å². The Morgan fingerprint density at radius 2 is 1.77 bits per heavy atom. The van der Waals surface area contributed by atoms with Crippen molar-refractivity contribution in [3.8, 4) is 6.07 Å². The molecule has 2 aromatic rings. The molecule has 2 spiro atoms. The van der Waals surface area contributed by atoms with E-state index in [2.05, 4.69) is 35.7 Å². The highest BCUT2D eigenvalue weighted by atomic mass is 32.1. The lowest BCUT2D eigenvalue weighted by Crippen LogP contribution is -2.55. The van der Waals surface area contributed by atoms with Crippen LogP contribution in [0.4, 0.5) is 0 Å². The summed E-state index contributed by atoms with van der Waals surface area (Å²) in [6.07, 6.45) is 4.54. The van der Waals surface area contributed by atoms with Crippen LogP contribution in [-0.4, -0.2) is 22.0 Å². The maximum absolute atomic E-state index is 14.1. The molecule has 3 aliphatic rings. The average molecular weight is 416 g/mol. The summed E-state index contributed by atoms with van der Waals surface area (Å²) in [5.41, 5.74) is 4.30. The van der Waals surface area contributed by atoms with Gasteiger partial charge in [0, 0.05) is 11.5 Å². The predicted molar refractivity (Wildman–Crippen MR) is 120 cm³/mol. The molecule has 1 atom stereocenters. The SMILES string of the molecule is CC(C)N1C(=O)C2(NC1=S)c1cc(C#N)ccc1CC21CCc2ccccc2CC1. The maximum Gasteiger partial charge on any atom is 0.259 e. The quantitative estimate of drug-likeness (QED) is 0.716. The molecule has 30 heavy (non-hydrogen) atoms. The van der Waals surface area contributed by atoms with Crippen LogP contribution in [0, 0.1) is 16.7 Å². The van der Waals surface area contributed by atoms with Crippen molar-refractivity contribution < 1.29 is 4.79 Å². The number of fused-ring (bicyclic) bond motifs is 4. The van der Waals surface area contributed by atoms with Gasteiger partial charge in [0.1, 0.15) is 0 Å². The average Bonchev–Trinajstić information content (AvgIpc) is 3.07. The number of nitrogens with zero attached hydrogens (tertiary/aromatic N) is 2. The van der Waals surface area contributed by atoms with Crippen LogP contribution in [0.3, 0.4) is 0 Å². The minimum Gasteiger partial charge on any atom is -0.344 e. The van der Waals surface area contributed by atoms with Crippen molar-refractivity contribution in [1.29, 1.82) is 5.26 Å². The molecule has 5 heteroatoms. The Labute approximate surface area is 182 Å². The molecular weight excluding hydrogens is 390 g/mol. The van der Waals surface area contributed by atoms with Crippen molar-refractivity contribution in [2.45, 2.75) is 57.5 Å². The molecule has 152 valence electrons. The number of rotatable bonds is 1. The van der Waals surface area contributed by atoms with E-state index in [1.807, 2.05) is 32.0 Å². The largest absolute Gasteiger partial charge is 0.344 e. The molecule has 1 heterocycles. The fraction of sp³-hybridized carbons (Fsp3) is 0.400. The Morgan fingerprint density at radius 1 is 1.10 bits per heavy atom. The molecule has 1 unspecified atom stereocenters. The Kier molecular flexibility index (Phi) is 4.27. The molecular formula is C25H25N3OS. The normalized spacial score (nSPS) is 24.0. The minimum absolute atomic E-state index is 0.0138. The Hall–Kier alpha value is -2.71. The molecule has 0 bridgehead atoms. The summed E-state index contributed by atoms with van der Waals surface area (Å²) in [5, 5.41) is 13.6. The summed E-state index contributed by atoms with van der Waals surface area (Å²) < 4.78 is 0. The van der Waals surface area contributed by atoms with Crippen LogP contribution in [0.25, 0.3) is 0 Å².